The van der Waals surface area contributed by atoms with E-state index in [0.717, 1.165) is 6.26 Å². The molecule has 2 aromatic carbocycles. The Morgan fingerprint density at radius 2 is 2.04 bits per heavy atom. The van der Waals surface area contributed by atoms with Crippen LogP contribution in [0.2, 0.25) is 5.02 Å². The van der Waals surface area contributed by atoms with E-state index in [-0.39, 0.29) is 16.5 Å². The predicted molar refractivity (Wildman–Crippen MR) is 104 cm³/mol. The van der Waals surface area contributed by atoms with E-state index < -0.39 is 21.6 Å². The van der Waals surface area contributed by atoms with Gasteiger partial charge < -0.3 is 4.74 Å². The normalized spacial score (nSPS) is 12.0. The molecule has 9 heteroatoms. The molecule has 28 heavy (non-hydrogen) atoms. The van der Waals surface area contributed by atoms with Crippen LogP contribution in [0, 0.1) is 5.82 Å². The predicted octanol–water partition coefficient (Wildman–Crippen LogP) is 3.47. The second-order valence-electron chi connectivity index (χ2n) is 6.09. The van der Waals surface area contributed by atoms with Crippen molar-refractivity contribution in [3.05, 3.63) is 64.6 Å². The molecular weight excluding hydrogens is 407 g/mol. The molecule has 0 aliphatic heterocycles. The fourth-order valence-corrected chi connectivity index (χ4v) is 3.48. The van der Waals surface area contributed by atoms with Crippen LogP contribution in [-0.4, -0.2) is 37.5 Å². The molecule has 1 heterocycles. The number of sulfone groups is 1. The topological polar surface area (TPSA) is 78.3 Å². The Balaban J connectivity index is 2.15. The van der Waals surface area contributed by atoms with Crippen LogP contribution >= 0.6 is 11.6 Å². The van der Waals surface area contributed by atoms with Gasteiger partial charge in [0.1, 0.15) is 5.82 Å². The highest BCUT2D eigenvalue weighted by Crippen LogP contribution is 2.25. The molecule has 0 aliphatic carbocycles. The number of hydrogen-bond acceptors (Lipinski definition) is 5. The number of methoxy groups -OCH3 is 1. The molecule has 0 bridgehead atoms. The van der Waals surface area contributed by atoms with Crippen LogP contribution in [-0.2, 0) is 25.9 Å². The summed E-state index contributed by atoms with van der Waals surface area (Å²) in [5.74, 6) is -1.05. The fourth-order valence-electron chi connectivity index (χ4n) is 2.68. The summed E-state index contributed by atoms with van der Waals surface area (Å²) in [5.41, 5.74) is 1.25. The molecule has 0 fully saturated rings. The van der Waals surface area contributed by atoms with Gasteiger partial charge in [-0.2, -0.15) is 5.10 Å². The van der Waals surface area contributed by atoms with E-state index in [1.807, 2.05) is 0 Å². The van der Waals surface area contributed by atoms with E-state index in [4.69, 9.17) is 11.6 Å². The molecule has 0 spiro atoms. The second kappa shape index (κ2) is 7.73. The third kappa shape index (κ3) is 4.23. The maximum absolute atomic E-state index is 14.2. The van der Waals surface area contributed by atoms with Gasteiger partial charge in [0.05, 0.1) is 29.8 Å². The highest BCUT2D eigenvalue weighted by Gasteiger charge is 2.15. The highest BCUT2D eigenvalue weighted by atomic mass is 35.5. The van der Waals surface area contributed by atoms with Crippen molar-refractivity contribution < 1.29 is 22.3 Å². The first-order valence-electron chi connectivity index (χ1n) is 8.09. The van der Waals surface area contributed by atoms with E-state index in [2.05, 4.69) is 9.84 Å². The minimum absolute atomic E-state index is 0.0543. The van der Waals surface area contributed by atoms with Gasteiger partial charge in [-0.05, 0) is 36.4 Å². The summed E-state index contributed by atoms with van der Waals surface area (Å²) in [6.07, 6.45) is 3.77. The van der Waals surface area contributed by atoms with Gasteiger partial charge in [-0.1, -0.05) is 17.7 Å². The third-order valence-corrected chi connectivity index (χ3v) is 5.44. The van der Waals surface area contributed by atoms with E-state index in [1.54, 1.807) is 12.1 Å². The molecule has 146 valence electrons. The molecule has 3 rings (SSSR count). The molecule has 3 aromatic rings. The number of carbonyl (C=O) groups is 1. The molecule has 1 aromatic heterocycles. The first-order chi connectivity index (χ1) is 13.2. The van der Waals surface area contributed by atoms with Crippen molar-refractivity contribution in [2.24, 2.45) is 0 Å². The summed E-state index contributed by atoms with van der Waals surface area (Å²) in [7, 11) is -2.19. The summed E-state index contributed by atoms with van der Waals surface area (Å²) < 4.78 is 44.1. The van der Waals surface area contributed by atoms with Crippen LogP contribution in [0.3, 0.4) is 0 Å². The van der Waals surface area contributed by atoms with Crippen molar-refractivity contribution in [2.45, 2.75) is 11.4 Å². The van der Waals surface area contributed by atoms with E-state index in [1.165, 1.54) is 48.2 Å². The van der Waals surface area contributed by atoms with E-state index in [9.17, 15) is 17.6 Å². The summed E-state index contributed by atoms with van der Waals surface area (Å²) >= 11 is 5.79. The van der Waals surface area contributed by atoms with Crippen LogP contribution in [0.25, 0.3) is 17.0 Å². The van der Waals surface area contributed by atoms with Gasteiger partial charge in [0.25, 0.3) is 0 Å². The fraction of sp³-hybridized carbons (Fsp3) is 0.158. The average Bonchev–Trinajstić information content (AvgIpc) is 2.98. The Morgan fingerprint density at radius 1 is 1.29 bits per heavy atom. The van der Waals surface area contributed by atoms with Crippen molar-refractivity contribution in [3.63, 3.8) is 0 Å². The lowest BCUT2D eigenvalue weighted by molar-refractivity contribution is -0.134. The Kier molecular flexibility index (Phi) is 5.53. The molecular formula is C19H16ClFN2O4S. The lowest BCUT2D eigenvalue weighted by atomic mass is 10.2. The van der Waals surface area contributed by atoms with Gasteiger partial charge >= 0.3 is 5.97 Å². The first kappa shape index (κ1) is 20.0. The van der Waals surface area contributed by atoms with Crippen molar-refractivity contribution in [2.75, 3.05) is 13.4 Å². The number of ether oxygens (including phenoxy) is 1. The lowest BCUT2D eigenvalue weighted by Crippen LogP contribution is -2.05. The summed E-state index contributed by atoms with van der Waals surface area (Å²) in [4.78, 5) is 11.5. The molecule has 0 radical (unpaired) electrons. The Hall–Kier alpha value is -2.71. The molecule has 0 saturated heterocycles. The zero-order chi connectivity index (χ0) is 20.5. The average molecular weight is 423 g/mol. The number of nitrogens with zero attached hydrogens (tertiary/aromatic N) is 2. The summed E-state index contributed by atoms with van der Waals surface area (Å²) in [6, 6.07) is 8.83. The SMILES string of the molecule is COC(=O)/C=C/c1nn(Cc2ccc(Cl)cc2F)c2cc(S(C)(=O)=O)ccc12. The first-order valence-corrected chi connectivity index (χ1v) is 10.4. The lowest BCUT2D eigenvalue weighted by Gasteiger charge is -2.06. The maximum atomic E-state index is 14.2. The Morgan fingerprint density at radius 3 is 2.68 bits per heavy atom. The number of aromatic nitrogens is 2. The third-order valence-electron chi connectivity index (χ3n) is 4.09. The van der Waals surface area contributed by atoms with Gasteiger partial charge in [0.2, 0.25) is 0 Å². The zero-order valence-electron chi connectivity index (χ0n) is 15.0. The maximum Gasteiger partial charge on any atom is 0.330 e. The number of hydrogen-bond donors (Lipinski definition) is 0. The minimum Gasteiger partial charge on any atom is -0.466 e. The number of rotatable bonds is 5. The molecule has 0 aliphatic rings. The largest absolute Gasteiger partial charge is 0.466 e. The number of benzene rings is 2. The smallest absolute Gasteiger partial charge is 0.330 e. The number of carbonyl (C=O) groups excluding carboxylic acids is 1. The summed E-state index contributed by atoms with van der Waals surface area (Å²) in [5, 5.41) is 5.29. The van der Waals surface area contributed by atoms with Crippen molar-refractivity contribution in [1.82, 2.24) is 9.78 Å². The van der Waals surface area contributed by atoms with Crippen LogP contribution in [0.1, 0.15) is 11.3 Å². The van der Waals surface area contributed by atoms with Crippen LogP contribution < -0.4 is 0 Å². The molecule has 0 amide bonds. The Labute approximate surface area is 166 Å². The summed E-state index contributed by atoms with van der Waals surface area (Å²) in [6.45, 7) is 0.0543. The molecule has 6 nitrogen and oxygen atoms in total. The number of esters is 1. The molecule has 0 unspecified atom stereocenters. The highest BCUT2D eigenvalue weighted by molar-refractivity contribution is 7.90. The monoisotopic (exact) mass is 422 g/mol. The van der Waals surface area contributed by atoms with Crippen LogP contribution in [0.15, 0.2) is 47.4 Å². The van der Waals surface area contributed by atoms with Crippen molar-refractivity contribution in [3.8, 4) is 0 Å². The molecule has 0 saturated carbocycles. The van der Waals surface area contributed by atoms with Gasteiger partial charge in [-0.3, -0.25) is 4.68 Å². The number of halogens is 2. The van der Waals surface area contributed by atoms with Crippen molar-refractivity contribution >= 4 is 44.4 Å². The molecule has 0 N–H and O–H groups in total. The van der Waals surface area contributed by atoms with Gasteiger partial charge in [-0.15, -0.1) is 0 Å². The van der Waals surface area contributed by atoms with Gasteiger partial charge in [-0.25, -0.2) is 17.6 Å². The van der Waals surface area contributed by atoms with E-state index in [0.29, 0.717) is 22.2 Å². The number of fused-ring (bicyclic) bond motifs is 1. The Bertz CT molecular complexity index is 1200. The second-order valence-corrected chi connectivity index (χ2v) is 8.54. The quantitative estimate of drug-likeness (QED) is 0.464. The van der Waals surface area contributed by atoms with Gasteiger partial charge in [0, 0.05) is 28.3 Å². The van der Waals surface area contributed by atoms with E-state index >= 15 is 0 Å². The zero-order valence-corrected chi connectivity index (χ0v) is 16.6. The van der Waals surface area contributed by atoms with Crippen molar-refractivity contribution in [1.29, 1.82) is 0 Å². The molecule has 0 atom stereocenters. The van der Waals surface area contributed by atoms with Gasteiger partial charge in [0.15, 0.2) is 9.84 Å². The minimum atomic E-state index is -3.44. The van der Waals surface area contributed by atoms with Crippen LogP contribution in [0.5, 0.6) is 0 Å². The van der Waals surface area contributed by atoms with Crippen LogP contribution in [0.4, 0.5) is 4.39 Å². The standard InChI is InChI=1S/C19H16ClFN2O4S/c1-27-19(24)8-7-17-15-6-5-14(28(2,25)26)10-18(15)23(22-17)11-12-3-4-13(20)9-16(12)21/h3-10H,11H2,1-2H3/b8-7+.